The van der Waals surface area contributed by atoms with Crippen LogP contribution in [0.25, 0.3) is 0 Å². The molecule has 15 heavy (non-hydrogen) atoms. The molecule has 0 radical (unpaired) electrons. The molecular weight excluding hydrogens is 227 g/mol. The predicted molar refractivity (Wildman–Crippen MR) is 62.1 cm³/mol. The molecule has 2 rings (SSSR count). The van der Waals surface area contributed by atoms with E-state index in [0.29, 0.717) is 0 Å². The molecule has 0 amide bonds. The summed E-state index contributed by atoms with van der Waals surface area (Å²) in [5, 5.41) is 0. The molecule has 0 heterocycles. The van der Waals surface area contributed by atoms with Crippen LogP contribution in [0.4, 0.5) is 0 Å². The Bertz CT molecular complexity index is 331. The van der Waals surface area contributed by atoms with E-state index in [1.807, 2.05) is 14.4 Å². The second-order valence-electron chi connectivity index (χ2n) is 3.78. The molecule has 0 saturated carbocycles. The van der Waals surface area contributed by atoms with E-state index in [0.717, 1.165) is 12.8 Å². The van der Waals surface area contributed by atoms with Gasteiger partial charge in [-0.25, -0.2) is 0 Å². The Morgan fingerprint density at radius 1 is 0.933 bits per heavy atom. The molecule has 0 atom stereocenters. The quantitative estimate of drug-likeness (QED) is 0.647. The molecule has 0 unspecified atom stereocenters. The first kappa shape index (κ1) is 11.0. The van der Waals surface area contributed by atoms with Gasteiger partial charge in [-0.2, -0.15) is 0 Å². The average molecular weight is 245 g/mol. The molecule has 0 N–H and O–H groups in total. The van der Waals surface area contributed by atoms with Crippen molar-refractivity contribution in [2.75, 3.05) is 0 Å². The topological polar surface area (TPSA) is 0 Å². The van der Waals surface area contributed by atoms with Crippen molar-refractivity contribution in [2.45, 2.75) is 39.5 Å². The summed E-state index contributed by atoms with van der Waals surface area (Å²) in [7, 11) is 0. The fraction of sp³-hybridized carbons (Fsp3) is 0.429. The Balaban J connectivity index is 2.10. The SMILES string of the molecule is CCC1=[C]([Ni][C]2=C(CC)C=CC2)CC=C1. The van der Waals surface area contributed by atoms with Gasteiger partial charge in [0.05, 0.1) is 0 Å². The van der Waals surface area contributed by atoms with Gasteiger partial charge in [-0.1, -0.05) is 0 Å². The Morgan fingerprint density at radius 3 is 1.80 bits per heavy atom. The molecule has 84 valence electrons. The van der Waals surface area contributed by atoms with Gasteiger partial charge in [0.15, 0.2) is 0 Å². The van der Waals surface area contributed by atoms with E-state index in [2.05, 4.69) is 38.2 Å². The molecule has 2 aliphatic carbocycles. The van der Waals surface area contributed by atoms with Gasteiger partial charge in [0.25, 0.3) is 0 Å². The summed E-state index contributed by atoms with van der Waals surface area (Å²) in [5.41, 5.74) is 3.09. The molecule has 0 aromatic carbocycles. The number of hydrogen-bond acceptors (Lipinski definition) is 0. The molecule has 2 aliphatic rings. The summed E-state index contributed by atoms with van der Waals surface area (Å²) < 4.78 is 3.18. The van der Waals surface area contributed by atoms with Crippen LogP contribution < -0.4 is 0 Å². The fourth-order valence-corrected chi connectivity index (χ4v) is 3.53. The zero-order valence-electron chi connectivity index (χ0n) is 9.45. The van der Waals surface area contributed by atoms with E-state index in [1.165, 1.54) is 12.8 Å². The second-order valence-corrected chi connectivity index (χ2v) is 5.22. The van der Waals surface area contributed by atoms with Gasteiger partial charge in [0.2, 0.25) is 0 Å². The average Bonchev–Trinajstić information content (AvgIpc) is 2.87. The van der Waals surface area contributed by atoms with E-state index in [1.54, 1.807) is 20.2 Å². The Kier molecular flexibility index (Phi) is 3.64. The van der Waals surface area contributed by atoms with Crippen LogP contribution in [-0.4, -0.2) is 0 Å². The van der Waals surface area contributed by atoms with Crippen LogP contribution in [0.5, 0.6) is 0 Å². The van der Waals surface area contributed by atoms with E-state index >= 15 is 0 Å². The van der Waals surface area contributed by atoms with E-state index < -0.39 is 0 Å². The fourth-order valence-electron chi connectivity index (χ4n) is 1.91. The zero-order valence-corrected chi connectivity index (χ0v) is 10.4. The molecule has 0 saturated heterocycles. The van der Waals surface area contributed by atoms with Crippen LogP contribution in [0.1, 0.15) is 39.5 Å². The van der Waals surface area contributed by atoms with Crippen molar-refractivity contribution in [1.29, 1.82) is 0 Å². The first-order valence-electron chi connectivity index (χ1n) is 5.71. The zero-order chi connectivity index (χ0) is 10.7. The summed E-state index contributed by atoms with van der Waals surface area (Å²) in [6.45, 7) is 4.49. The van der Waals surface area contributed by atoms with Gasteiger partial charge < -0.3 is 0 Å². The number of allylic oxidation sites excluding steroid dienone is 8. The van der Waals surface area contributed by atoms with Crippen LogP contribution in [-0.2, 0) is 14.4 Å². The predicted octanol–water partition coefficient (Wildman–Crippen LogP) is 4.32. The normalized spacial score (nSPS) is 20.1. The Morgan fingerprint density at radius 2 is 1.40 bits per heavy atom. The van der Waals surface area contributed by atoms with Crippen molar-refractivity contribution in [2.24, 2.45) is 0 Å². The minimum absolute atomic E-state index is 1.16. The molecule has 0 aromatic rings. The monoisotopic (exact) mass is 244 g/mol. The summed E-state index contributed by atoms with van der Waals surface area (Å²) in [5.74, 6) is 0. The van der Waals surface area contributed by atoms with Crippen LogP contribution in [0, 0.1) is 0 Å². The molecular formula is C14H18Ni. The summed E-state index contributed by atoms with van der Waals surface area (Å²) in [4.78, 5) is 0. The Hall–Kier alpha value is -0.546. The maximum absolute atomic E-state index is 2.29. The number of rotatable bonds is 4. The third-order valence-electron chi connectivity index (χ3n) is 2.82. The van der Waals surface area contributed by atoms with Gasteiger partial charge in [-0.15, -0.1) is 0 Å². The van der Waals surface area contributed by atoms with Crippen molar-refractivity contribution in [1.82, 2.24) is 0 Å². The molecule has 0 nitrogen and oxygen atoms in total. The van der Waals surface area contributed by atoms with E-state index in [-0.39, 0.29) is 0 Å². The van der Waals surface area contributed by atoms with Gasteiger partial charge in [-0.05, 0) is 0 Å². The first-order valence-corrected chi connectivity index (χ1v) is 6.69. The van der Waals surface area contributed by atoms with Gasteiger partial charge >= 0.3 is 98.5 Å². The second kappa shape index (κ2) is 4.99. The first-order chi connectivity index (χ1) is 7.35. The van der Waals surface area contributed by atoms with Gasteiger partial charge in [-0.3, -0.25) is 0 Å². The summed E-state index contributed by atoms with van der Waals surface area (Å²) in [6.07, 6.45) is 13.8. The van der Waals surface area contributed by atoms with Crippen molar-refractivity contribution in [3.63, 3.8) is 0 Å². The van der Waals surface area contributed by atoms with Gasteiger partial charge in [0.1, 0.15) is 0 Å². The van der Waals surface area contributed by atoms with Crippen molar-refractivity contribution in [3.05, 3.63) is 44.5 Å². The van der Waals surface area contributed by atoms with E-state index in [9.17, 15) is 0 Å². The maximum atomic E-state index is 2.29. The van der Waals surface area contributed by atoms with Crippen LogP contribution in [0.3, 0.4) is 0 Å². The van der Waals surface area contributed by atoms with Crippen LogP contribution >= 0.6 is 0 Å². The molecule has 0 fully saturated rings. The van der Waals surface area contributed by atoms with E-state index in [4.69, 9.17) is 0 Å². The van der Waals surface area contributed by atoms with Gasteiger partial charge in [0, 0.05) is 0 Å². The van der Waals surface area contributed by atoms with Crippen molar-refractivity contribution in [3.8, 4) is 0 Å². The third-order valence-corrected chi connectivity index (χ3v) is 4.45. The summed E-state index contributed by atoms with van der Waals surface area (Å²) >= 11 is 1.81. The molecule has 0 bridgehead atoms. The minimum atomic E-state index is 1.16. The Labute approximate surface area is 98.6 Å². The number of hydrogen-bond donors (Lipinski definition) is 0. The molecule has 0 aliphatic heterocycles. The molecule has 1 heteroatoms. The van der Waals surface area contributed by atoms with Crippen LogP contribution in [0.2, 0.25) is 0 Å². The van der Waals surface area contributed by atoms with Crippen LogP contribution in [0.15, 0.2) is 44.5 Å². The van der Waals surface area contributed by atoms with Crippen molar-refractivity contribution < 1.29 is 14.4 Å². The molecule has 0 spiro atoms. The standard InChI is InChI=1S/2C7H9.Ni/c2*1-2-7-5-3-4-6-7;/h2*3,5H,2,4H2,1H3;. The third kappa shape index (κ3) is 2.34. The molecule has 0 aromatic heterocycles. The summed E-state index contributed by atoms with van der Waals surface area (Å²) in [6, 6.07) is 0. The van der Waals surface area contributed by atoms with Crippen molar-refractivity contribution >= 4 is 0 Å².